The van der Waals surface area contributed by atoms with Crippen molar-refractivity contribution in [2.24, 2.45) is 5.92 Å². The summed E-state index contributed by atoms with van der Waals surface area (Å²) in [7, 11) is 0. The van der Waals surface area contributed by atoms with Gasteiger partial charge in [0.25, 0.3) is 0 Å². The first-order valence-electron chi connectivity index (χ1n) is 8.00. The van der Waals surface area contributed by atoms with E-state index in [2.05, 4.69) is 6.92 Å². The lowest BCUT2D eigenvalue weighted by Crippen LogP contribution is -2.27. The van der Waals surface area contributed by atoms with E-state index < -0.39 is 17.9 Å². The molecule has 0 bridgehead atoms. The van der Waals surface area contributed by atoms with Crippen molar-refractivity contribution in [1.82, 2.24) is 0 Å². The van der Waals surface area contributed by atoms with Gasteiger partial charge in [0.2, 0.25) is 0 Å². The third-order valence-electron chi connectivity index (χ3n) is 3.26. The summed E-state index contributed by atoms with van der Waals surface area (Å²) < 4.78 is 10.0. The van der Waals surface area contributed by atoms with Crippen molar-refractivity contribution in [3.8, 4) is 0 Å². The molecule has 0 spiro atoms. The van der Waals surface area contributed by atoms with Crippen molar-refractivity contribution < 1.29 is 19.1 Å². The summed E-state index contributed by atoms with van der Waals surface area (Å²) in [5.74, 6) is -1.68. The number of esters is 2. The van der Waals surface area contributed by atoms with Crippen molar-refractivity contribution >= 4 is 11.9 Å². The molecule has 4 heteroatoms. The van der Waals surface area contributed by atoms with Gasteiger partial charge in [0, 0.05) is 0 Å². The Labute approximate surface area is 123 Å². The molecule has 0 aromatic heterocycles. The molecule has 0 aliphatic heterocycles. The lowest BCUT2D eigenvalue weighted by molar-refractivity contribution is -0.162. The first-order valence-corrected chi connectivity index (χ1v) is 8.00. The van der Waals surface area contributed by atoms with E-state index in [-0.39, 0.29) is 0 Å². The van der Waals surface area contributed by atoms with Crippen molar-refractivity contribution in [3.63, 3.8) is 0 Å². The van der Waals surface area contributed by atoms with Crippen LogP contribution in [0.3, 0.4) is 0 Å². The van der Waals surface area contributed by atoms with Crippen LogP contribution in [0.4, 0.5) is 0 Å². The predicted octanol–water partition coefficient (Wildman–Crippen LogP) is 3.87. The fourth-order valence-corrected chi connectivity index (χ4v) is 2.00. The zero-order chi connectivity index (χ0) is 15.2. The smallest absolute Gasteiger partial charge is 0.320 e. The molecule has 0 aromatic rings. The summed E-state index contributed by atoms with van der Waals surface area (Å²) in [5.41, 5.74) is 0. The Morgan fingerprint density at radius 2 is 1.35 bits per heavy atom. The molecule has 0 aliphatic rings. The van der Waals surface area contributed by atoms with Gasteiger partial charge in [-0.1, -0.05) is 52.4 Å². The largest absolute Gasteiger partial charge is 0.465 e. The molecule has 0 aliphatic carbocycles. The molecule has 118 valence electrons. The molecule has 0 radical (unpaired) electrons. The molecule has 0 saturated carbocycles. The molecule has 20 heavy (non-hydrogen) atoms. The molecule has 0 N–H and O–H groups in total. The quantitative estimate of drug-likeness (QED) is 0.310. The number of ether oxygens (including phenoxy) is 2. The van der Waals surface area contributed by atoms with Gasteiger partial charge < -0.3 is 9.47 Å². The van der Waals surface area contributed by atoms with Crippen LogP contribution in [-0.4, -0.2) is 25.2 Å². The summed E-state index contributed by atoms with van der Waals surface area (Å²) in [6.07, 6.45) is 8.65. The van der Waals surface area contributed by atoms with E-state index in [1.807, 2.05) is 0 Å². The van der Waals surface area contributed by atoms with Crippen molar-refractivity contribution in [1.29, 1.82) is 0 Å². The fraction of sp³-hybridized carbons (Fsp3) is 0.875. The van der Waals surface area contributed by atoms with Crippen LogP contribution in [0.15, 0.2) is 0 Å². The van der Waals surface area contributed by atoms with E-state index in [1.54, 1.807) is 13.8 Å². The highest BCUT2D eigenvalue weighted by molar-refractivity contribution is 5.94. The minimum absolute atomic E-state index is 0.292. The monoisotopic (exact) mass is 286 g/mol. The summed E-state index contributed by atoms with van der Waals surface area (Å²) in [5, 5.41) is 0. The highest BCUT2D eigenvalue weighted by Crippen LogP contribution is 2.10. The summed E-state index contributed by atoms with van der Waals surface area (Å²) in [6, 6.07) is 0. The number of hydrogen-bond acceptors (Lipinski definition) is 4. The second-order valence-corrected chi connectivity index (χ2v) is 5.00. The molecule has 1 unspecified atom stereocenters. The van der Waals surface area contributed by atoms with Crippen LogP contribution in [0.5, 0.6) is 0 Å². The first kappa shape index (κ1) is 18.9. The van der Waals surface area contributed by atoms with Gasteiger partial charge in [0.15, 0.2) is 5.92 Å². The Bertz CT molecular complexity index is 263. The molecule has 0 amide bonds. The average Bonchev–Trinajstić information content (AvgIpc) is 2.43. The Morgan fingerprint density at radius 3 is 1.90 bits per heavy atom. The van der Waals surface area contributed by atoms with E-state index in [4.69, 9.17) is 9.47 Å². The van der Waals surface area contributed by atoms with Crippen LogP contribution in [0.1, 0.15) is 72.1 Å². The standard InChI is InChI=1S/C16H30O4/c1-4-7-8-9-10-11-12-13-20-16(18)14(5-2)15(17)19-6-3/h14H,4-13H2,1-3H3. The number of hydrogen-bond donors (Lipinski definition) is 0. The SMILES string of the molecule is CCCCCCCCCOC(=O)C(CC)C(=O)OCC. The summed E-state index contributed by atoms with van der Waals surface area (Å²) in [4.78, 5) is 23.3. The average molecular weight is 286 g/mol. The third-order valence-corrected chi connectivity index (χ3v) is 3.26. The van der Waals surface area contributed by atoms with E-state index >= 15 is 0 Å². The Balaban J connectivity index is 3.67. The molecule has 4 nitrogen and oxygen atoms in total. The van der Waals surface area contributed by atoms with Gasteiger partial charge in [0.1, 0.15) is 0 Å². The number of carbonyl (C=O) groups is 2. The topological polar surface area (TPSA) is 52.6 Å². The summed E-state index contributed by atoms with van der Waals surface area (Å²) in [6.45, 7) is 6.42. The number of carbonyl (C=O) groups excluding carboxylic acids is 2. The predicted molar refractivity (Wildman–Crippen MR) is 79.4 cm³/mol. The van der Waals surface area contributed by atoms with Crippen molar-refractivity contribution in [3.05, 3.63) is 0 Å². The fourth-order valence-electron chi connectivity index (χ4n) is 2.00. The van der Waals surface area contributed by atoms with Crippen LogP contribution < -0.4 is 0 Å². The van der Waals surface area contributed by atoms with E-state index in [0.29, 0.717) is 19.6 Å². The highest BCUT2D eigenvalue weighted by Gasteiger charge is 2.27. The van der Waals surface area contributed by atoms with Crippen LogP contribution in [0.2, 0.25) is 0 Å². The molecule has 0 aromatic carbocycles. The maximum atomic E-state index is 11.7. The van der Waals surface area contributed by atoms with Crippen molar-refractivity contribution in [2.75, 3.05) is 13.2 Å². The molecule has 0 saturated heterocycles. The van der Waals surface area contributed by atoms with Gasteiger partial charge in [-0.3, -0.25) is 9.59 Å². The number of unbranched alkanes of at least 4 members (excludes halogenated alkanes) is 6. The van der Waals surface area contributed by atoms with Gasteiger partial charge in [-0.05, 0) is 19.8 Å². The molecule has 0 rings (SSSR count). The Hall–Kier alpha value is -1.06. The lowest BCUT2D eigenvalue weighted by Gasteiger charge is -2.12. The molecule has 0 fully saturated rings. The molecular weight excluding hydrogens is 256 g/mol. The minimum Gasteiger partial charge on any atom is -0.465 e. The lowest BCUT2D eigenvalue weighted by atomic mass is 10.1. The van der Waals surface area contributed by atoms with Crippen LogP contribution in [0.25, 0.3) is 0 Å². The maximum Gasteiger partial charge on any atom is 0.320 e. The second kappa shape index (κ2) is 12.9. The Kier molecular flexibility index (Phi) is 12.3. The van der Waals surface area contributed by atoms with Crippen molar-refractivity contribution in [2.45, 2.75) is 72.1 Å². The van der Waals surface area contributed by atoms with Gasteiger partial charge in [-0.25, -0.2) is 0 Å². The highest BCUT2D eigenvalue weighted by atomic mass is 16.6. The maximum absolute atomic E-state index is 11.7. The normalized spacial score (nSPS) is 11.9. The molecule has 1 atom stereocenters. The van der Waals surface area contributed by atoms with E-state index in [1.165, 1.54) is 32.1 Å². The Morgan fingerprint density at radius 1 is 0.800 bits per heavy atom. The van der Waals surface area contributed by atoms with E-state index in [0.717, 1.165) is 12.8 Å². The van der Waals surface area contributed by atoms with Gasteiger partial charge in [0.05, 0.1) is 13.2 Å². The molecule has 0 heterocycles. The number of rotatable bonds is 12. The van der Waals surface area contributed by atoms with E-state index in [9.17, 15) is 9.59 Å². The zero-order valence-electron chi connectivity index (χ0n) is 13.3. The summed E-state index contributed by atoms with van der Waals surface area (Å²) >= 11 is 0. The molecular formula is C16H30O4. The zero-order valence-corrected chi connectivity index (χ0v) is 13.3. The van der Waals surface area contributed by atoms with Crippen LogP contribution in [-0.2, 0) is 19.1 Å². The minimum atomic E-state index is -0.764. The third kappa shape index (κ3) is 8.94. The van der Waals surface area contributed by atoms with Crippen LogP contribution >= 0.6 is 0 Å². The first-order chi connectivity index (χ1) is 9.67. The van der Waals surface area contributed by atoms with Gasteiger partial charge >= 0.3 is 11.9 Å². The van der Waals surface area contributed by atoms with Gasteiger partial charge in [-0.15, -0.1) is 0 Å². The van der Waals surface area contributed by atoms with Crippen LogP contribution in [0, 0.1) is 5.92 Å². The van der Waals surface area contributed by atoms with Gasteiger partial charge in [-0.2, -0.15) is 0 Å². The second-order valence-electron chi connectivity index (χ2n) is 5.00.